The van der Waals surface area contributed by atoms with Gasteiger partial charge in [-0.3, -0.25) is 4.79 Å². The van der Waals surface area contributed by atoms with Gasteiger partial charge >= 0.3 is 0 Å². The van der Waals surface area contributed by atoms with Crippen molar-refractivity contribution in [1.29, 1.82) is 0 Å². The molecule has 118 valence electrons. The fraction of sp³-hybridized carbons (Fsp3) is 0.462. The summed E-state index contributed by atoms with van der Waals surface area (Å²) >= 11 is 11.6. The van der Waals surface area contributed by atoms with Gasteiger partial charge in [-0.2, -0.15) is 0 Å². The number of nitrogens with one attached hydrogen (secondary N) is 1. The summed E-state index contributed by atoms with van der Waals surface area (Å²) in [6.07, 6.45) is 0.449. The number of alkyl halides is 2. The van der Waals surface area contributed by atoms with Gasteiger partial charge in [0.05, 0.1) is 24.7 Å². The predicted molar refractivity (Wildman–Crippen MR) is 78.2 cm³/mol. The highest BCUT2D eigenvalue weighted by Gasteiger charge is 2.26. The second kappa shape index (κ2) is 8.36. The van der Waals surface area contributed by atoms with E-state index in [1.54, 1.807) is 18.2 Å². The molecule has 0 saturated carbocycles. The number of nitrogens with two attached hydrogens (primary N) is 1. The van der Waals surface area contributed by atoms with Gasteiger partial charge in [-0.1, -0.05) is 23.2 Å². The molecule has 0 aliphatic rings. The third kappa shape index (κ3) is 6.93. The Hall–Kier alpha value is -1.11. The number of benzene rings is 1. The number of hydrogen-bond acceptors (Lipinski definition) is 3. The highest BCUT2D eigenvalue weighted by Crippen LogP contribution is 2.27. The summed E-state index contributed by atoms with van der Waals surface area (Å²) in [5.41, 5.74) is 4.86. The van der Waals surface area contributed by atoms with Gasteiger partial charge in [0.25, 0.3) is 5.92 Å². The van der Waals surface area contributed by atoms with E-state index in [4.69, 9.17) is 33.7 Å². The molecule has 1 rings (SSSR count). The van der Waals surface area contributed by atoms with Crippen molar-refractivity contribution in [2.45, 2.75) is 18.8 Å². The molecule has 0 saturated heterocycles. The van der Waals surface area contributed by atoms with Crippen molar-refractivity contribution < 1.29 is 18.3 Å². The molecule has 0 atom stereocenters. The third-order valence-electron chi connectivity index (χ3n) is 2.54. The minimum absolute atomic E-state index is 0.0753. The maximum atomic E-state index is 12.8. The number of halogens is 4. The molecule has 0 aromatic heterocycles. The lowest BCUT2D eigenvalue weighted by Crippen LogP contribution is -2.41. The summed E-state index contributed by atoms with van der Waals surface area (Å²) < 4.78 is 31.0. The Morgan fingerprint density at radius 3 is 2.71 bits per heavy atom. The molecule has 21 heavy (non-hydrogen) atoms. The number of carbonyl (C=O) groups excluding carboxylic acids is 1. The van der Waals surface area contributed by atoms with Crippen LogP contribution in [0.2, 0.25) is 10.0 Å². The standard InChI is InChI=1S/C13H16Cl2F2N2O2/c14-9-3-4-11(10(15)6-9)21-5-1-2-12(20)19-8-13(16,17)7-18/h3-4,6H,1-2,5,7-8,18H2,(H,19,20). The van der Waals surface area contributed by atoms with Gasteiger partial charge in [-0.15, -0.1) is 0 Å². The van der Waals surface area contributed by atoms with E-state index in [-0.39, 0.29) is 13.0 Å². The van der Waals surface area contributed by atoms with Crippen molar-refractivity contribution in [2.75, 3.05) is 19.7 Å². The van der Waals surface area contributed by atoms with E-state index in [1.165, 1.54) is 0 Å². The lowest BCUT2D eigenvalue weighted by Gasteiger charge is -2.14. The Balaban J connectivity index is 2.23. The van der Waals surface area contributed by atoms with Crippen LogP contribution in [0.25, 0.3) is 0 Å². The average molecular weight is 341 g/mol. The molecule has 0 bridgehead atoms. The van der Waals surface area contributed by atoms with Gasteiger partial charge in [0.2, 0.25) is 5.91 Å². The molecule has 0 fully saturated rings. The van der Waals surface area contributed by atoms with Crippen LogP contribution >= 0.6 is 23.2 Å². The molecule has 0 aliphatic heterocycles. The summed E-state index contributed by atoms with van der Waals surface area (Å²) in [7, 11) is 0. The predicted octanol–water partition coefficient (Wildman–Crippen LogP) is 2.86. The number of carbonyl (C=O) groups is 1. The third-order valence-corrected chi connectivity index (χ3v) is 3.07. The molecule has 1 aromatic carbocycles. The summed E-state index contributed by atoms with van der Waals surface area (Å²) in [5, 5.41) is 2.99. The fourth-order valence-corrected chi connectivity index (χ4v) is 1.86. The van der Waals surface area contributed by atoms with E-state index in [2.05, 4.69) is 5.32 Å². The maximum Gasteiger partial charge on any atom is 0.277 e. The van der Waals surface area contributed by atoms with Crippen molar-refractivity contribution in [3.63, 3.8) is 0 Å². The molecule has 0 radical (unpaired) electrons. The zero-order valence-corrected chi connectivity index (χ0v) is 12.7. The van der Waals surface area contributed by atoms with Crippen LogP contribution in [0.4, 0.5) is 8.78 Å². The van der Waals surface area contributed by atoms with Crippen molar-refractivity contribution >= 4 is 29.1 Å². The molecule has 0 unspecified atom stereocenters. The second-order valence-electron chi connectivity index (χ2n) is 4.36. The van der Waals surface area contributed by atoms with Gasteiger partial charge in [0.15, 0.2) is 0 Å². The fourth-order valence-electron chi connectivity index (χ4n) is 1.40. The molecule has 4 nitrogen and oxygen atoms in total. The maximum absolute atomic E-state index is 12.8. The van der Waals surface area contributed by atoms with Crippen LogP contribution in [-0.2, 0) is 4.79 Å². The molecule has 1 aromatic rings. The van der Waals surface area contributed by atoms with Crippen LogP contribution in [0.1, 0.15) is 12.8 Å². The first kappa shape index (κ1) is 17.9. The van der Waals surface area contributed by atoms with Crippen LogP contribution in [0.15, 0.2) is 18.2 Å². The van der Waals surface area contributed by atoms with E-state index < -0.39 is 24.9 Å². The van der Waals surface area contributed by atoms with E-state index in [0.717, 1.165) is 0 Å². The first-order valence-electron chi connectivity index (χ1n) is 6.26. The molecule has 3 N–H and O–H groups in total. The lowest BCUT2D eigenvalue weighted by atomic mass is 10.3. The topological polar surface area (TPSA) is 64.3 Å². The normalized spacial score (nSPS) is 11.3. The highest BCUT2D eigenvalue weighted by molar-refractivity contribution is 6.35. The van der Waals surface area contributed by atoms with Gasteiger partial charge in [-0.25, -0.2) is 8.78 Å². The van der Waals surface area contributed by atoms with Crippen molar-refractivity contribution in [1.82, 2.24) is 5.32 Å². The van der Waals surface area contributed by atoms with E-state index in [1.807, 2.05) is 0 Å². The van der Waals surface area contributed by atoms with Gasteiger partial charge < -0.3 is 15.8 Å². The van der Waals surface area contributed by atoms with Crippen molar-refractivity contribution in [3.05, 3.63) is 28.2 Å². The zero-order chi connectivity index (χ0) is 15.9. The number of rotatable bonds is 8. The van der Waals surface area contributed by atoms with Crippen LogP contribution in [0.5, 0.6) is 5.75 Å². The Labute approximate surface area is 131 Å². The SMILES string of the molecule is NCC(F)(F)CNC(=O)CCCOc1ccc(Cl)cc1Cl. The van der Waals surface area contributed by atoms with E-state index >= 15 is 0 Å². The average Bonchev–Trinajstić information content (AvgIpc) is 2.43. The zero-order valence-electron chi connectivity index (χ0n) is 11.2. The Morgan fingerprint density at radius 1 is 1.38 bits per heavy atom. The number of ether oxygens (including phenoxy) is 1. The van der Waals surface area contributed by atoms with Gasteiger partial charge in [0, 0.05) is 11.4 Å². The minimum atomic E-state index is -3.08. The molecule has 0 spiro atoms. The van der Waals surface area contributed by atoms with Crippen LogP contribution in [0.3, 0.4) is 0 Å². The molecule has 1 amide bonds. The van der Waals surface area contributed by atoms with Gasteiger partial charge in [-0.05, 0) is 24.6 Å². The quantitative estimate of drug-likeness (QED) is 0.715. The molecular weight excluding hydrogens is 325 g/mol. The Morgan fingerprint density at radius 2 is 2.10 bits per heavy atom. The smallest absolute Gasteiger partial charge is 0.277 e. The van der Waals surface area contributed by atoms with E-state index in [9.17, 15) is 13.6 Å². The minimum Gasteiger partial charge on any atom is -0.492 e. The Kier molecular flexibility index (Phi) is 7.14. The summed E-state index contributed by atoms with van der Waals surface area (Å²) in [6, 6.07) is 4.79. The second-order valence-corrected chi connectivity index (χ2v) is 5.21. The van der Waals surface area contributed by atoms with Crippen molar-refractivity contribution in [3.8, 4) is 5.75 Å². The number of amides is 1. The molecular formula is C13H16Cl2F2N2O2. The lowest BCUT2D eigenvalue weighted by molar-refractivity contribution is -0.123. The monoisotopic (exact) mass is 340 g/mol. The summed E-state index contributed by atoms with van der Waals surface area (Å²) in [5.74, 6) is -3.10. The van der Waals surface area contributed by atoms with Gasteiger partial charge in [0.1, 0.15) is 5.75 Å². The van der Waals surface area contributed by atoms with E-state index in [0.29, 0.717) is 22.2 Å². The summed E-state index contributed by atoms with van der Waals surface area (Å²) in [6.45, 7) is -1.32. The largest absolute Gasteiger partial charge is 0.492 e. The number of hydrogen-bond donors (Lipinski definition) is 2. The first-order chi connectivity index (χ1) is 9.84. The molecule has 0 heterocycles. The molecule has 0 aliphatic carbocycles. The van der Waals surface area contributed by atoms with Crippen LogP contribution in [0, 0.1) is 0 Å². The van der Waals surface area contributed by atoms with Crippen LogP contribution in [-0.4, -0.2) is 31.5 Å². The Bertz CT molecular complexity index is 487. The van der Waals surface area contributed by atoms with Crippen molar-refractivity contribution in [2.24, 2.45) is 5.73 Å². The summed E-state index contributed by atoms with van der Waals surface area (Å²) in [4.78, 5) is 11.3. The van der Waals surface area contributed by atoms with Crippen LogP contribution < -0.4 is 15.8 Å². The highest BCUT2D eigenvalue weighted by atomic mass is 35.5. The molecule has 8 heteroatoms. The first-order valence-corrected chi connectivity index (χ1v) is 7.02.